The molecular formula is C30H39N3O4S. The Bertz CT molecular complexity index is 1140. The quantitative estimate of drug-likeness (QED) is 0.325. The lowest BCUT2D eigenvalue weighted by Crippen LogP contribution is -2.52. The second-order valence-electron chi connectivity index (χ2n) is 9.84. The van der Waals surface area contributed by atoms with Crippen LogP contribution in [0, 0.1) is 6.92 Å². The standard InChI is InChI=1S/C30H39N3O4S/c1-8-18-33(28(35)25(17-19-38-7)32-29(36)37-30(4,5)6)26(23-15-12-14-22(9-2)20-23)27(34)31-24-16-11-10-13-21(24)3/h8-16,20,25-26H,1-2,17-19H2,3-7H3,(H,31,34)(H,32,36). The van der Waals surface area contributed by atoms with Crippen molar-refractivity contribution in [2.24, 2.45) is 0 Å². The fraction of sp³-hybridized carbons (Fsp3) is 0.367. The van der Waals surface area contributed by atoms with Crippen molar-refractivity contribution in [2.75, 3.05) is 23.9 Å². The summed E-state index contributed by atoms with van der Waals surface area (Å²) >= 11 is 1.56. The van der Waals surface area contributed by atoms with Crippen LogP contribution in [0.3, 0.4) is 0 Å². The number of carbonyl (C=O) groups excluding carboxylic acids is 3. The van der Waals surface area contributed by atoms with Crippen LogP contribution in [0.1, 0.15) is 49.9 Å². The molecule has 0 bridgehead atoms. The first-order valence-electron chi connectivity index (χ1n) is 12.5. The molecule has 0 aromatic heterocycles. The van der Waals surface area contributed by atoms with Crippen LogP contribution in [0.2, 0.25) is 0 Å². The molecule has 0 heterocycles. The summed E-state index contributed by atoms with van der Waals surface area (Å²) in [4.78, 5) is 42.0. The number of nitrogens with zero attached hydrogens (tertiary/aromatic N) is 1. The summed E-state index contributed by atoms with van der Waals surface area (Å²) in [5, 5.41) is 5.71. The number of hydrogen-bond donors (Lipinski definition) is 2. The molecule has 0 saturated carbocycles. The number of para-hydroxylation sites is 1. The average Bonchev–Trinajstić information content (AvgIpc) is 2.86. The maximum Gasteiger partial charge on any atom is 0.408 e. The normalized spacial score (nSPS) is 12.6. The fourth-order valence-electron chi connectivity index (χ4n) is 3.85. The predicted octanol–water partition coefficient (Wildman–Crippen LogP) is 5.98. The van der Waals surface area contributed by atoms with E-state index in [4.69, 9.17) is 4.74 Å². The number of hydrogen-bond acceptors (Lipinski definition) is 5. The Balaban J connectivity index is 2.53. The molecular weight excluding hydrogens is 498 g/mol. The Kier molecular flexibility index (Phi) is 11.7. The summed E-state index contributed by atoms with van der Waals surface area (Å²) in [6, 6.07) is 12.9. The molecule has 8 heteroatoms. The Morgan fingerprint density at radius 1 is 1.11 bits per heavy atom. The highest BCUT2D eigenvalue weighted by molar-refractivity contribution is 7.98. The molecule has 2 aromatic rings. The molecule has 0 radical (unpaired) electrons. The minimum absolute atomic E-state index is 0.0920. The van der Waals surface area contributed by atoms with Crippen LogP contribution in [0.25, 0.3) is 6.08 Å². The summed E-state index contributed by atoms with van der Waals surface area (Å²) in [5.41, 5.74) is 2.25. The van der Waals surface area contributed by atoms with E-state index >= 15 is 0 Å². The van der Waals surface area contributed by atoms with Gasteiger partial charge in [0.25, 0.3) is 5.91 Å². The lowest BCUT2D eigenvalue weighted by atomic mass is 9.99. The van der Waals surface area contributed by atoms with E-state index in [0.717, 1.165) is 11.1 Å². The fourth-order valence-corrected chi connectivity index (χ4v) is 4.32. The molecule has 7 nitrogen and oxygen atoms in total. The summed E-state index contributed by atoms with van der Waals surface area (Å²) in [7, 11) is 0. The van der Waals surface area contributed by atoms with Crippen LogP contribution in [0.15, 0.2) is 67.8 Å². The SMILES string of the molecule is C=CCN(C(=O)C(CCSC)NC(=O)OC(C)(C)C)C(C(=O)Nc1ccccc1C)c1cccc(C=C)c1. The van der Waals surface area contributed by atoms with Crippen molar-refractivity contribution >= 4 is 41.4 Å². The number of alkyl carbamates (subject to hydrolysis) is 1. The van der Waals surface area contributed by atoms with E-state index in [-0.39, 0.29) is 12.5 Å². The molecule has 2 N–H and O–H groups in total. The zero-order valence-corrected chi connectivity index (χ0v) is 23.8. The number of thioether (sulfide) groups is 1. The van der Waals surface area contributed by atoms with Gasteiger partial charge in [-0.15, -0.1) is 6.58 Å². The van der Waals surface area contributed by atoms with E-state index in [1.807, 2.05) is 55.6 Å². The van der Waals surface area contributed by atoms with Crippen molar-refractivity contribution < 1.29 is 19.1 Å². The molecule has 0 aliphatic heterocycles. The van der Waals surface area contributed by atoms with Gasteiger partial charge in [-0.2, -0.15) is 11.8 Å². The first-order chi connectivity index (χ1) is 18.0. The Morgan fingerprint density at radius 3 is 2.42 bits per heavy atom. The van der Waals surface area contributed by atoms with E-state index in [1.54, 1.807) is 50.8 Å². The van der Waals surface area contributed by atoms with Gasteiger partial charge in [0, 0.05) is 12.2 Å². The lowest BCUT2D eigenvalue weighted by molar-refractivity contribution is -0.140. The molecule has 3 amide bonds. The van der Waals surface area contributed by atoms with Crippen molar-refractivity contribution in [3.05, 3.63) is 84.5 Å². The minimum atomic E-state index is -0.989. The van der Waals surface area contributed by atoms with Crippen LogP contribution in [-0.4, -0.2) is 53.0 Å². The molecule has 2 atom stereocenters. The predicted molar refractivity (Wildman–Crippen MR) is 157 cm³/mol. The highest BCUT2D eigenvalue weighted by Crippen LogP contribution is 2.27. The minimum Gasteiger partial charge on any atom is -0.444 e. The van der Waals surface area contributed by atoms with Crippen molar-refractivity contribution in [3.8, 4) is 0 Å². The van der Waals surface area contributed by atoms with Crippen LogP contribution in [-0.2, 0) is 14.3 Å². The molecule has 0 spiro atoms. The third-order valence-corrected chi connectivity index (χ3v) is 6.28. The number of benzene rings is 2. The van der Waals surface area contributed by atoms with Gasteiger partial charge in [0.1, 0.15) is 17.7 Å². The van der Waals surface area contributed by atoms with Gasteiger partial charge < -0.3 is 20.3 Å². The molecule has 0 fully saturated rings. The maximum atomic E-state index is 14.0. The Morgan fingerprint density at radius 2 is 1.82 bits per heavy atom. The van der Waals surface area contributed by atoms with Crippen molar-refractivity contribution in [1.29, 1.82) is 0 Å². The largest absolute Gasteiger partial charge is 0.444 e. The summed E-state index contributed by atoms with van der Waals surface area (Å²) < 4.78 is 5.41. The van der Waals surface area contributed by atoms with Gasteiger partial charge in [-0.05, 0) is 74.9 Å². The molecule has 2 unspecified atom stereocenters. The third kappa shape index (κ3) is 9.10. The average molecular weight is 538 g/mol. The van der Waals surface area contributed by atoms with E-state index in [1.165, 1.54) is 4.90 Å². The zero-order valence-electron chi connectivity index (χ0n) is 23.0. The number of carbonyl (C=O) groups is 3. The van der Waals surface area contributed by atoms with Crippen LogP contribution in [0.5, 0.6) is 0 Å². The van der Waals surface area contributed by atoms with E-state index in [2.05, 4.69) is 23.8 Å². The summed E-state index contributed by atoms with van der Waals surface area (Å²) in [5.74, 6) is -0.157. The van der Waals surface area contributed by atoms with Crippen LogP contribution < -0.4 is 10.6 Å². The van der Waals surface area contributed by atoms with Gasteiger partial charge in [0.15, 0.2) is 0 Å². The summed E-state index contributed by atoms with van der Waals surface area (Å²) in [6.45, 7) is 14.9. The maximum absolute atomic E-state index is 14.0. The third-order valence-electron chi connectivity index (χ3n) is 5.63. The van der Waals surface area contributed by atoms with Gasteiger partial charge in [-0.3, -0.25) is 9.59 Å². The van der Waals surface area contributed by atoms with Crippen LogP contribution >= 0.6 is 11.8 Å². The molecule has 0 saturated heterocycles. The number of aryl methyl sites for hydroxylation is 1. The number of nitrogens with one attached hydrogen (secondary N) is 2. The van der Waals surface area contributed by atoms with Gasteiger partial charge in [-0.1, -0.05) is 55.1 Å². The lowest BCUT2D eigenvalue weighted by Gasteiger charge is -2.34. The molecule has 2 rings (SSSR count). The van der Waals surface area contributed by atoms with E-state index < -0.39 is 29.7 Å². The molecule has 38 heavy (non-hydrogen) atoms. The van der Waals surface area contributed by atoms with Gasteiger partial charge in [0.2, 0.25) is 5.91 Å². The second kappa shape index (κ2) is 14.4. The van der Waals surface area contributed by atoms with E-state index in [0.29, 0.717) is 23.4 Å². The van der Waals surface area contributed by atoms with Crippen molar-refractivity contribution in [3.63, 3.8) is 0 Å². The number of amides is 3. The number of anilines is 1. The molecule has 0 aliphatic rings. The first kappa shape index (κ1) is 30.7. The monoisotopic (exact) mass is 537 g/mol. The zero-order chi connectivity index (χ0) is 28.3. The smallest absolute Gasteiger partial charge is 0.408 e. The van der Waals surface area contributed by atoms with Crippen LogP contribution in [0.4, 0.5) is 10.5 Å². The Hall–Kier alpha value is -3.52. The number of rotatable bonds is 12. The van der Waals surface area contributed by atoms with Gasteiger partial charge in [-0.25, -0.2) is 4.79 Å². The first-order valence-corrected chi connectivity index (χ1v) is 13.9. The highest BCUT2D eigenvalue weighted by atomic mass is 32.2. The highest BCUT2D eigenvalue weighted by Gasteiger charge is 2.36. The van der Waals surface area contributed by atoms with Gasteiger partial charge in [0.05, 0.1) is 0 Å². The summed E-state index contributed by atoms with van der Waals surface area (Å²) in [6.07, 6.45) is 4.86. The van der Waals surface area contributed by atoms with Crippen molar-refractivity contribution in [1.82, 2.24) is 10.2 Å². The van der Waals surface area contributed by atoms with Crippen molar-refractivity contribution in [2.45, 2.75) is 51.8 Å². The second-order valence-corrected chi connectivity index (χ2v) is 10.8. The molecule has 2 aromatic carbocycles. The van der Waals surface area contributed by atoms with E-state index in [9.17, 15) is 14.4 Å². The van der Waals surface area contributed by atoms with Gasteiger partial charge >= 0.3 is 6.09 Å². The molecule has 0 aliphatic carbocycles. The topological polar surface area (TPSA) is 87.7 Å². The number of ether oxygens (including phenoxy) is 1. The molecule has 204 valence electrons. The Labute approximate surface area is 230 Å².